The highest BCUT2D eigenvalue weighted by molar-refractivity contribution is 5.74. The number of rotatable bonds is 2. The van der Waals surface area contributed by atoms with Gasteiger partial charge in [-0.2, -0.15) is 0 Å². The first-order chi connectivity index (χ1) is 8.58. The molecule has 2 atom stereocenters. The van der Waals surface area contributed by atoms with E-state index in [2.05, 4.69) is 0 Å². The average Bonchev–Trinajstić information content (AvgIpc) is 2.25. The van der Waals surface area contributed by atoms with Crippen LogP contribution < -0.4 is 0 Å². The third-order valence-electron chi connectivity index (χ3n) is 3.37. The number of aliphatic hydroxyl groups is 2. The Morgan fingerprint density at radius 1 is 1.50 bits per heavy atom. The first-order valence-corrected chi connectivity index (χ1v) is 6.57. The lowest BCUT2D eigenvalue weighted by Crippen LogP contribution is -2.27. The van der Waals surface area contributed by atoms with Crippen LogP contribution >= 0.6 is 0 Å². The van der Waals surface area contributed by atoms with E-state index in [0.29, 0.717) is 12.2 Å². The number of aliphatic hydroxyl groups excluding tert-OH is 2. The summed E-state index contributed by atoms with van der Waals surface area (Å²) >= 11 is 0. The van der Waals surface area contributed by atoms with Crippen molar-refractivity contribution < 1.29 is 19.7 Å². The average molecular weight is 252 g/mol. The van der Waals surface area contributed by atoms with Crippen LogP contribution in [0.1, 0.15) is 45.4 Å². The Balaban J connectivity index is 2.35. The molecular formula is C14H20O4. The van der Waals surface area contributed by atoms with Crippen molar-refractivity contribution >= 4 is 5.97 Å². The summed E-state index contributed by atoms with van der Waals surface area (Å²) in [7, 11) is 0. The second-order valence-electron chi connectivity index (χ2n) is 5.08. The molecule has 1 aliphatic heterocycles. The number of esters is 1. The Bertz CT molecular complexity index is 393. The van der Waals surface area contributed by atoms with Gasteiger partial charge in [-0.1, -0.05) is 6.08 Å². The van der Waals surface area contributed by atoms with Crippen LogP contribution in [0.4, 0.5) is 0 Å². The summed E-state index contributed by atoms with van der Waals surface area (Å²) in [5, 5.41) is 19.5. The molecule has 0 aromatic heterocycles. The van der Waals surface area contributed by atoms with Crippen LogP contribution in [-0.2, 0) is 9.53 Å². The predicted molar refractivity (Wildman–Crippen MR) is 66.6 cm³/mol. The molecule has 1 heterocycles. The normalized spacial score (nSPS) is 29.6. The van der Waals surface area contributed by atoms with Gasteiger partial charge >= 0.3 is 5.97 Å². The molecule has 0 saturated carbocycles. The number of allylic oxidation sites excluding steroid dienone is 2. The molecule has 0 saturated heterocycles. The molecule has 0 amide bonds. The van der Waals surface area contributed by atoms with Crippen molar-refractivity contribution in [3.8, 4) is 0 Å². The second kappa shape index (κ2) is 5.67. The number of hydrogen-bond acceptors (Lipinski definition) is 4. The Kier molecular flexibility index (Phi) is 4.19. The third-order valence-corrected chi connectivity index (χ3v) is 3.37. The summed E-state index contributed by atoms with van der Waals surface area (Å²) in [6.45, 7) is 1.71. The van der Waals surface area contributed by atoms with Gasteiger partial charge in [0.1, 0.15) is 5.76 Å². The van der Waals surface area contributed by atoms with E-state index < -0.39 is 18.2 Å². The molecule has 2 rings (SSSR count). The largest absolute Gasteiger partial charge is 0.426 e. The minimum atomic E-state index is -0.725. The molecule has 100 valence electrons. The van der Waals surface area contributed by atoms with Crippen molar-refractivity contribution in [2.45, 2.75) is 57.7 Å². The van der Waals surface area contributed by atoms with Crippen LogP contribution in [0.2, 0.25) is 0 Å². The zero-order valence-electron chi connectivity index (χ0n) is 10.7. The van der Waals surface area contributed by atoms with E-state index in [1.807, 2.05) is 6.08 Å². The molecule has 1 aliphatic carbocycles. The van der Waals surface area contributed by atoms with Crippen molar-refractivity contribution in [2.75, 3.05) is 0 Å². The van der Waals surface area contributed by atoms with Crippen molar-refractivity contribution in [3.63, 3.8) is 0 Å². The third kappa shape index (κ3) is 3.00. The second-order valence-corrected chi connectivity index (χ2v) is 5.08. The van der Waals surface area contributed by atoms with Gasteiger partial charge in [-0.25, -0.2) is 0 Å². The van der Waals surface area contributed by atoms with E-state index in [9.17, 15) is 15.0 Å². The van der Waals surface area contributed by atoms with Crippen LogP contribution in [0.3, 0.4) is 0 Å². The highest BCUT2D eigenvalue weighted by Crippen LogP contribution is 2.33. The predicted octanol–water partition coefficient (Wildman–Crippen LogP) is 1.82. The van der Waals surface area contributed by atoms with Gasteiger partial charge in [0.2, 0.25) is 0 Å². The number of ether oxygens (including phenoxy) is 1. The molecule has 2 N–H and O–H groups in total. The summed E-state index contributed by atoms with van der Waals surface area (Å²) in [4.78, 5) is 11.5. The van der Waals surface area contributed by atoms with Gasteiger partial charge in [0.25, 0.3) is 0 Å². The molecule has 0 fully saturated rings. The number of hydrogen-bond donors (Lipinski definition) is 2. The lowest BCUT2D eigenvalue weighted by Gasteiger charge is -2.27. The zero-order chi connectivity index (χ0) is 13.1. The molecule has 2 aliphatic rings. The summed E-state index contributed by atoms with van der Waals surface area (Å²) < 4.78 is 5.31. The minimum absolute atomic E-state index is 0.0425. The van der Waals surface area contributed by atoms with Crippen LogP contribution in [0.5, 0.6) is 0 Å². The van der Waals surface area contributed by atoms with E-state index in [4.69, 9.17) is 4.74 Å². The maximum absolute atomic E-state index is 11.5. The molecule has 0 radical (unpaired) electrons. The van der Waals surface area contributed by atoms with E-state index in [1.165, 1.54) is 0 Å². The fraction of sp³-hybridized carbons (Fsp3) is 0.643. The fourth-order valence-electron chi connectivity index (χ4n) is 2.53. The summed E-state index contributed by atoms with van der Waals surface area (Å²) in [5.41, 5.74) is 1.67. The monoisotopic (exact) mass is 252 g/mol. The molecule has 0 aromatic carbocycles. The molecule has 0 bridgehead atoms. The van der Waals surface area contributed by atoms with Gasteiger partial charge in [-0.15, -0.1) is 0 Å². The van der Waals surface area contributed by atoms with Crippen LogP contribution in [0.25, 0.3) is 0 Å². The Morgan fingerprint density at radius 2 is 2.28 bits per heavy atom. The molecule has 0 aromatic rings. The first kappa shape index (κ1) is 13.3. The Morgan fingerprint density at radius 3 is 3.00 bits per heavy atom. The van der Waals surface area contributed by atoms with E-state index in [0.717, 1.165) is 36.8 Å². The van der Waals surface area contributed by atoms with E-state index in [-0.39, 0.29) is 6.42 Å². The molecule has 4 heteroatoms. The SMILES string of the molecule is CC(O)C/C1=C/CCCCC2=C1OC(=O)CC2O. The summed E-state index contributed by atoms with van der Waals surface area (Å²) in [6, 6.07) is 0. The van der Waals surface area contributed by atoms with Crippen LogP contribution in [-0.4, -0.2) is 28.4 Å². The van der Waals surface area contributed by atoms with Crippen molar-refractivity contribution in [2.24, 2.45) is 0 Å². The van der Waals surface area contributed by atoms with Crippen LogP contribution in [0, 0.1) is 0 Å². The van der Waals surface area contributed by atoms with Gasteiger partial charge in [-0.05, 0) is 38.2 Å². The quantitative estimate of drug-likeness (QED) is 0.736. The van der Waals surface area contributed by atoms with Gasteiger partial charge in [0, 0.05) is 12.0 Å². The number of carbonyl (C=O) groups is 1. The van der Waals surface area contributed by atoms with Gasteiger partial charge in [0.15, 0.2) is 0 Å². The van der Waals surface area contributed by atoms with Gasteiger partial charge in [-0.3, -0.25) is 4.79 Å². The minimum Gasteiger partial charge on any atom is -0.426 e. The zero-order valence-corrected chi connectivity index (χ0v) is 10.7. The Labute approximate surface area is 107 Å². The van der Waals surface area contributed by atoms with Crippen molar-refractivity contribution in [1.29, 1.82) is 0 Å². The maximum Gasteiger partial charge on any atom is 0.314 e. The molecule has 2 unspecified atom stereocenters. The molecule has 4 nitrogen and oxygen atoms in total. The summed E-state index contributed by atoms with van der Waals surface area (Å²) in [5.74, 6) is 0.123. The fourth-order valence-corrected chi connectivity index (χ4v) is 2.53. The highest BCUT2D eigenvalue weighted by atomic mass is 16.5. The van der Waals surface area contributed by atoms with Gasteiger partial charge < -0.3 is 14.9 Å². The maximum atomic E-state index is 11.5. The lowest BCUT2D eigenvalue weighted by atomic mass is 9.90. The number of carbonyl (C=O) groups excluding carboxylic acids is 1. The van der Waals surface area contributed by atoms with Crippen LogP contribution in [0.15, 0.2) is 23.0 Å². The van der Waals surface area contributed by atoms with E-state index in [1.54, 1.807) is 6.92 Å². The Hall–Kier alpha value is -1.13. The lowest BCUT2D eigenvalue weighted by molar-refractivity contribution is -0.143. The van der Waals surface area contributed by atoms with Crippen molar-refractivity contribution in [1.82, 2.24) is 0 Å². The highest BCUT2D eigenvalue weighted by Gasteiger charge is 2.30. The molecule has 18 heavy (non-hydrogen) atoms. The van der Waals surface area contributed by atoms with Gasteiger partial charge in [0.05, 0.1) is 18.6 Å². The van der Waals surface area contributed by atoms with Crippen molar-refractivity contribution in [3.05, 3.63) is 23.0 Å². The summed E-state index contributed by atoms with van der Waals surface area (Å²) in [6.07, 6.45) is 5.05. The molecular weight excluding hydrogens is 232 g/mol. The standard InChI is InChI=1S/C14H20O4/c1-9(15)7-10-5-3-2-4-6-11-12(16)8-13(17)18-14(10)11/h5,9,12,15-16H,2-4,6-8H2,1H3/b10-5-. The van der Waals surface area contributed by atoms with E-state index >= 15 is 0 Å². The molecule has 0 spiro atoms. The topological polar surface area (TPSA) is 66.8 Å². The smallest absolute Gasteiger partial charge is 0.314 e. The first-order valence-electron chi connectivity index (χ1n) is 6.57.